The van der Waals surface area contributed by atoms with Crippen molar-refractivity contribution in [3.63, 3.8) is 0 Å². The summed E-state index contributed by atoms with van der Waals surface area (Å²) < 4.78 is 7.50. The summed E-state index contributed by atoms with van der Waals surface area (Å²) in [6, 6.07) is 13.6. The minimum atomic E-state index is 0.699. The van der Waals surface area contributed by atoms with Gasteiger partial charge in [-0.15, -0.1) is 11.3 Å². The third kappa shape index (κ3) is 3.82. The second kappa shape index (κ2) is 7.42. The Labute approximate surface area is 166 Å². The fourth-order valence-corrected chi connectivity index (χ4v) is 3.69. The lowest BCUT2D eigenvalue weighted by molar-refractivity contribution is 0.413. The molecule has 0 unspecified atom stereocenters. The monoisotopic (exact) mass is 396 g/mol. The van der Waals surface area contributed by atoms with Crippen LogP contribution in [0.15, 0.2) is 60.4 Å². The van der Waals surface area contributed by atoms with E-state index < -0.39 is 0 Å². The summed E-state index contributed by atoms with van der Waals surface area (Å²) in [7, 11) is 1.66. The highest BCUT2D eigenvalue weighted by Gasteiger charge is 2.10. The topological polar surface area (TPSA) is 52.0 Å². The standard InChI is InChI=1S/C20H17ClN4OS/c1-13-10-25(12-22-13)18-7-6-16(9-19(18)26-2)23-20-24-17(11-27-20)14-4-3-5-15(21)8-14/h3-12H,1-2H3,(H,23,24). The Morgan fingerprint density at radius 3 is 2.81 bits per heavy atom. The lowest BCUT2D eigenvalue weighted by atomic mass is 10.2. The Balaban J connectivity index is 1.58. The molecule has 4 aromatic rings. The first-order chi connectivity index (χ1) is 13.1. The van der Waals surface area contributed by atoms with Gasteiger partial charge in [-0.25, -0.2) is 9.97 Å². The summed E-state index contributed by atoms with van der Waals surface area (Å²) in [6.07, 6.45) is 3.74. The maximum atomic E-state index is 6.07. The van der Waals surface area contributed by atoms with E-state index in [0.717, 1.165) is 39.2 Å². The van der Waals surface area contributed by atoms with Crippen LogP contribution in [0.2, 0.25) is 5.02 Å². The van der Waals surface area contributed by atoms with Gasteiger partial charge >= 0.3 is 0 Å². The zero-order valence-electron chi connectivity index (χ0n) is 14.8. The molecule has 2 aromatic heterocycles. The second-order valence-electron chi connectivity index (χ2n) is 5.98. The van der Waals surface area contributed by atoms with Crippen LogP contribution in [0.4, 0.5) is 10.8 Å². The van der Waals surface area contributed by atoms with E-state index in [-0.39, 0.29) is 0 Å². The number of rotatable bonds is 5. The van der Waals surface area contributed by atoms with Gasteiger partial charge in [-0.3, -0.25) is 0 Å². The summed E-state index contributed by atoms with van der Waals surface area (Å²) in [5, 5.41) is 6.85. The first-order valence-electron chi connectivity index (χ1n) is 8.30. The van der Waals surface area contributed by atoms with Crippen molar-refractivity contribution in [3.05, 3.63) is 71.1 Å². The number of anilines is 2. The van der Waals surface area contributed by atoms with Crippen LogP contribution in [0.1, 0.15) is 5.69 Å². The molecule has 1 N–H and O–H groups in total. The number of hydrogen-bond acceptors (Lipinski definition) is 5. The number of nitrogens with zero attached hydrogens (tertiary/aromatic N) is 3. The van der Waals surface area contributed by atoms with E-state index in [4.69, 9.17) is 16.3 Å². The summed E-state index contributed by atoms with van der Waals surface area (Å²) in [5.74, 6) is 0.754. The van der Waals surface area contributed by atoms with Gasteiger partial charge in [-0.05, 0) is 31.2 Å². The fraction of sp³-hybridized carbons (Fsp3) is 0.100. The normalized spacial score (nSPS) is 10.8. The van der Waals surface area contributed by atoms with Crippen LogP contribution in [0, 0.1) is 6.92 Å². The van der Waals surface area contributed by atoms with Gasteiger partial charge in [0.2, 0.25) is 0 Å². The minimum Gasteiger partial charge on any atom is -0.494 e. The van der Waals surface area contributed by atoms with Gasteiger partial charge in [0.1, 0.15) is 5.75 Å². The van der Waals surface area contributed by atoms with Crippen LogP contribution >= 0.6 is 22.9 Å². The molecular weight excluding hydrogens is 380 g/mol. The molecule has 7 heteroatoms. The van der Waals surface area contributed by atoms with Crippen molar-refractivity contribution in [1.82, 2.24) is 14.5 Å². The van der Waals surface area contributed by atoms with E-state index >= 15 is 0 Å². The van der Waals surface area contributed by atoms with Crippen molar-refractivity contribution in [2.75, 3.05) is 12.4 Å². The molecule has 0 saturated heterocycles. The Kier molecular flexibility index (Phi) is 4.83. The van der Waals surface area contributed by atoms with Crippen molar-refractivity contribution in [2.45, 2.75) is 6.92 Å². The highest BCUT2D eigenvalue weighted by atomic mass is 35.5. The van der Waals surface area contributed by atoms with Gasteiger partial charge in [-0.2, -0.15) is 0 Å². The van der Waals surface area contributed by atoms with Crippen molar-refractivity contribution in [3.8, 4) is 22.7 Å². The van der Waals surface area contributed by atoms with Crippen molar-refractivity contribution in [2.24, 2.45) is 0 Å². The molecule has 0 saturated carbocycles. The molecule has 0 aliphatic carbocycles. The summed E-state index contributed by atoms with van der Waals surface area (Å²) in [4.78, 5) is 8.92. The maximum absolute atomic E-state index is 6.07. The molecule has 0 aliphatic rings. The average Bonchev–Trinajstić information content (AvgIpc) is 3.31. The molecule has 0 aliphatic heterocycles. The van der Waals surface area contributed by atoms with Crippen molar-refractivity contribution < 1.29 is 4.74 Å². The van der Waals surface area contributed by atoms with Gasteiger partial charge in [0.25, 0.3) is 0 Å². The molecular formula is C20H17ClN4OS. The van der Waals surface area contributed by atoms with E-state index in [1.54, 1.807) is 24.8 Å². The van der Waals surface area contributed by atoms with Crippen LogP contribution in [0.25, 0.3) is 16.9 Å². The van der Waals surface area contributed by atoms with Crippen LogP contribution in [0.3, 0.4) is 0 Å². The van der Waals surface area contributed by atoms with Crippen LogP contribution in [0.5, 0.6) is 5.75 Å². The fourth-order valence-electron chi connectivity index (χ4n) is 2.76. The van der Waals surface area contributed by atoms with Crippen molar-refractivity contribution in [1.29, 1.82) is 0 Å². The number of thiazole rings is 1. The highest BCUT2D eigenvalue weighted by Crippen LogP contribution is 2.31. The SMILES string of the molecule is COc1cc(Nc2nc(-c3cccc(Cl)c3)cs2)ccc1-n1cnc(C)c1. The Hall–Kier alpha value is -2.83. The number of methoxy groups -OCH3 is 1. The van der Waals surface area contributed by atoms with Crippen LogP contribution in [-0.2, 0) is 0 Å². The Morgan fingerprint density at radius 2 is 2.07 bits per heavy atom. The summed E-state index contributed by atoms with van der Waals surface area (Å²) in [6.45, 7) is 1.96. The smallest absolute Gasteiger partial charge is 0.187 e. The van der Waals surface area contributed by atoms with Gasteiger partial charge < -0.3 is 14.6 Å². The molecule has 0 fully saturated rings. The Bertz CT molecular complexity index is 1090. The number of hydrogen-bond donors (Lipinski definition) is 1. The predicted octanol–water partition coefficient (Wildman–Crippen LogP) is 5.71. The number of benzene rings is 2. The summed E-state index contributed by atoms with van der Waals surface area (Å²) >= 11 is 7.61. The van der Waals surface area contributed by atoms with Crippen LogP contribution < -0.4 is 10.1 Å². The lowest BCUT2D eigenvalue weighted by Gasteiger charge is -2.11. The molecule has 2 aromatic carbocycles. The lowest BCUT2D eigenvalue weighted by Crippen LogP contribution is -1.97. The molecule has 0 bridgehead atoms. The molecule has 27 heavy (non-hydrogen) atoms. The van der Waals surface area contributed by atoms with E-state index in [0.29, 0.717) is 5.02 Å². The zero-order chi connectivity index (χ0) is 18.8. The third-order valence-electron chi connectivity index (χ3n) is 4.05. The molecule has 5 nitrogen and oxygen atoms in total. The minimum absolute atomic E-state index is 0.699. The van der Waals surface area contributed by atoms with Gasteiger partial charge in [0, 0.05) is 33.9 Å². The summed E-state index contributed by atoms with van der Waals surface area (Å²) in [5.41, 5.74) is 4.68. The van der Waals surface area contributed by atoms with E-state index in [1.165, 1.54) is 0 Å². The van der Waals surface area contributed by atoms with E-state index in [9.17, 15) is 0 Å². The number of aryl methyl sites for hydroxylation is 1. The van der Waals surface area contributed by atoms with Crippen molar-refractivity contribution >= 4 is 33.8 Å². The largest absolute Gasteiger partial charge is 0.494 e. The number of halogens is 1. The van der Waals surface area contributed by atoms with E-state index in [2.05, 4.69) is 15.3 Å². The number of ether oxygens (including phenoxy) is 1. The van der Waals surface area contributed by atoms with Gasteiger partial charge in [0.15, 0.2) is 5.13 Å². The second-order valence-corrected chi connectivity index (χ2v) is 7.28. The van der Waals surface area contributed by atoms with Gasteiger partial charge in [0.05, 0.1) is 30.5 Å². The average molecular weight is 397 g/mol. The molecule has 2 heterocycles. The number of nitrogens with one attached hydrogen (secondary N) is 1. The first-order valence-corrected chi connectivity index (χ1v) is 9.55. The quantitative estimate of drug-likeness (QED) is 0.469. The Morgan fingerprint density at radius 1 is 1.19 bits per heavy atom. The molecule has 0 atom stereocenters. The molecule has 0 radical (unpaired) electrons. The van der Waals surface area contributed by atoms with Crippen LogP contribution in [-0.4, -0.2) is 21.6 Å². The first kappa shape index (κ1) is 17.6. The highest BCUT2D eigenvalue weighted by molar-refractivity contribution is 7.14. The van der Waals surface area contributed by atoms with E-state index in [1.807, 2.05) is 65.5 Å². The molecule has 4 rings (SSSR count). The zero-order valence-corrected chi connectivity index (χ0v) is 16.4. The molecule has 0 amide bonds. The molecule has 136 valence electrons. The number of imidazole rings is 1. The third-order valence-corrected chi connectivity index (χ3v) is 5.04. The maximum Gasteiger partial charge on any atom is 0.187 e. The van der Waals surface area contributed by atoms with Gasteiger partial charge in [-0.1, -0.05) is 23.7 Å². The molecule has 0 spiro atoms. The predicted molar refractivity (Wildman–Crippen MR) is 111 cm³/mol. The number of aromatic nitrogens is 3.